The summed E-state index contributed by atoms with van der Waals surface area (Å²) in [7, 11) is 0. The van der Waals surface area contributed by atoms with E-state index in [4.69, 9.17) is 5.11 Å². The van der Waals surface area contributed by atoms with Crippen LogP contribution in [0.1, 0.15) is 0 Å². The topological polar surface area (TPSA) is 186 Å². The normalized spacial score (nSPS) is 20.3. The van der Waals surface area contributed by atoms with Crippen molar-refractivity contribution < 1.29 is 85.0 Å². The van der Waals surface area contributed by atoms with Gasteiger partial charge in [-0.3, -0.25) is 34.0 Å². The van der Waals surface area contributed by atoms with Gasteiger partial charge in [0, 0.05) is 92.3 Å². The van der Waals surface area contributed by atoms with Crippen LogP contribution in [0.5, 0.6) is 0 Å². The summed E-state index contributed by atoms with van der Waals surface area (Å²) in [6.07, 6.45) is -1.22. The molecule has 13 nitrogen and oxygen atoms in total. The summed E-state index contributed by atoms with van der Waals surface area (Å²) in [5.41, 5.74) is 0. The predicted molar refractivity (Wildman–Crippen MR) is 108 cm³/mol. The summed E-state index contributed by atoms with van der Waals surface area (Å²) in [6.45, 7) is 0.396. The Kier molecular flexibility index (Phi) is 16.7. The number of rotatable bonds is 10. The van der Waals surface area contributed by atoms with Crippen LogP contribution in [0, 0.1) is 39.9 Å². The SMILES string of the molecule is O=C(O)CN1CCN(CC(=O)O)CCN([C@H](CO)[C@H](O)CO)CCN(CC(=O)O)CC1.[Gd]. The fourth-order valence-corrected chi connectivity index (χ4v) is 3.53. The van der Waals surface area contributed by atoms with E-state index in [0.29, 0.717) is 0 Å². The van der Waals surface area contributed by atoms with Gasteiger partial charge in [-0.25, -0.2) is 0 Å². The van der Waals surface area contributed by atoms with Crippen LogP contribution in [-0.2, 0) is 14.4 Å². The minimum atomic E-state index is -1.22. The van der Waals surface area contributed by atoms with Crippen LogP contribution < -0.4 is 0 Å². The van der Waals surface area contributed by atoms with Crippen molar-refractivity contribution in [3.05, 3.63) is 0 Å². The largest absolute Gasteiger partial charge is 0.480 e. The van der Waals surface area contributed by atoms with E-state index in [2.05, 4.69) is 0 Å². The van der Waals surface area contributed by atoms with Crippen molar-refractivity contribution in [2.24, 2.45) is 0 Å². The molecule has 14 heteroatoms. The van der Waals surface area contributed by atoms with Crippen LogP contribution in [0.3, 0.4) is 0 Å². The minimum absolute atomic E-state index is 0. The molecule has 188 valence electrons. The summed E-state index contributed by atoms with van der Waals surface area (Å²) in [5.74, 6) is -3.10. The van der Waals surface area contributed by atoms with E-state index in [-0.39, 0.29) is 112 Å². The molecule has 0 bridgehead atoms. The van der Waals surface area contributed by atoms with Gasteiger partial charge < -0.3 is 30.6 Å². The number of nitrogens with zero attached hydrogens (tertiary/aromatic N) is 4. The molecule has 0 aliphatic carbocycles. The molecular formula is C18H34GdN4O9. The first-order chi connectivity index (χ1) is 14.7. The van der Waals surface area contributed by atoms with E-state index >= 15 is 0 Å². The van der Waals surface area contributed by atoms with Gasteiger partial charge in [0.15, 0.2) is 0 Å². The number of aliphatic hydroxyl groups excluding tert-OH is 3. The van der Waals surface area contributed by atoms with Crippen LogP contribution in [0.4, 0.5) is 0 Å². The number of hydrogen-bond acceptors (Lipinski definition) is 10. The van der Waals surface area contributed by atoms with E-state index in [1.165, 1.54) is 0 Å². The fraction of sp³-hybridized carbons (Fsp3) is 0.833. The van der Waals surface area contributed by atoms with Crippen LogP contribution in [0.25, 0.3) is 0 Å². The van der Waals surface area contributed by atoms with Gasteiger partial charge in [-0.1, -0.05) is 0 Å². The Hall–Kier alpha value is -0.545. The molecule has 0 unspecified atom stereocenters. The molecule has 1 rings (SSSR count). The molecule has 0 aromatic rings. The molecule has 0 amide bonds. The van der Waals surface area contributed by atoms with Crippen LogP contribution in [0.15, 0.2) is 0 Å². The number of carboxylic acid groups (broad SMARTS) is 3. The molecule has 1 heterocycles. The quantitative estimate of drug-likeness (QED) is 0.142. The number of aliphatic hydroxyl groups is 3. The van der Waals surface area contributed by atoms with Crippen molar-refractivity contribution in [2.45, 2.75) is 12.1 Å². The summed E-state index contributed by atoms with van der Waals surface area (Å²) < 4.78 is 0. The Morgan fingerprint density at radius 1 is 0.625 bits per heavy atom. The third-order valence-corrected chi connectivity index (χ3v) is 5.24. The summed E-state index contributed by atoms with van der Waals surface area (Å²) in [5, 5.41) is 56.6. The Morgan fingerprint density at radius 3 is 1.19 bits per heavy atom. The van der Waals surface area contributed by atoms with Crippen LogP contribution in [0.2, 0.25) is 0 Å². The maximum Gasteiger partial charge on any atom is 0.317 e. The van der Waals surface area contributed by atoms with Gasteiger partial charge in [-0.15, -0.1) is 0 Å². The maximum absolute atomic E-state index is 11.2. The van der Waals surface area contributed by atoms with Crippen molar-refractivity contribution in [1.29, 1.82) is 0 Å². The zero-order valence-electron chi connectivity index (χ0n) is 17.9. The summed E-state index contributed by atoms with van der Waals surface area (Å²) in [6, 6.07) is -0.796. The van der Waals surface area contributed by atoms with Gasteiger partial charge >= 0.3 is 17.9 Å². The molecule has 0 saturated carbocycles. The summed E-state index contributed by atoms with van der Waals surface area (Å²) >= 11 is 0. The Bertz CT molecular complexity index is 555. The third-order valence-electron chi connectivity index (χ3n) is 5.24. The van der Waals surface area contributed by atoms with Crippen molar-refractivity contribution >= 4 is 17.9 Å². The molecule has 1 saturated heterocycles. The van der Waals surface area contributed by atoms with E-state index < -0.39 is 43.3 Å². The predicted octanol–water partition coefficient (Wildman–Crippen LogP) is -3.82. The average molecular weight is 608 g/mol. The maximum atomic E-state index is 11.2. The number of hydrogen-bond donors (Lipinski definition) is 6. The first-order valence-electron chi connectivity index (χ1n) is 10.1. The second-order valence-electron chi connectivity index (χ2n) is 7.55. The average Bonchev–Trinajstić information content (AvgIpc) is 2.68. The summed E-state index contributed by atoms with van der Waals surface area (Å²) in [4.78, 5) is 40.3. The van der Waals surface area contributed by atoms with Gasteiger partial charge in [0.2, 0.25) is 0 Å². The molecule has 6 N–H and O–H groups in total. The molecule has 2 atom stereocenters. The molecule has 32 heavy (non-hydrogen) atoms. The van der Waals surface area contributed by atoms with Crippen LogP contribution in [-0.4, -0.2) is 165 Å². The molecule has 0 radical (unpaired) electrons. The van der Waals surface area contributed by atoms with Crippen molar-refractivity contribution in [3.8, 4) is 0 Å². The van der Waals surface area contributed by atoms with E-state index in [1.807, 2.05) is 0 Å². The molecule has 0 aromatic carbocycles. The Balaban J connectivity index is 0.00000961. The van der Waals surface area contributed by atoms with Crippen LogP contribution >= 0.6 is 0 Å². The monoisotopic (exact) mass is 608 g/mol. The smallest absolute Gasteiger partial charge is 0.317 e. The van der Waals surface area contributed by atoms with Gasteiger partial charge in [0.25, 0.3) is 0 Å². The van der Waals surface area contributed by atoms with Gasteiger partial charge in [0.05, 0.1) is 45.0 Å². The second kappa shape index (κ2) is 17.0. The standard InChI is InChI=1S/C18H34N4O9.Gd/c23-12-14(15(25)13-24)22-7-5-20(10-17(28)29)3-1-19(9-16(26)27)2-4-21(6-8-22)11-18(30)31;/h14-15,23-25H,1-13H2,(H,26,27)(H,28,29)(H,30,31);/t14-,15-;/m1./s1. The zero-order valence-corrected chi connectivity index (χ0v) is 20.2. The van der Waals surface area contributed by atoms with Crippen molar-refractivity contribution in [2.75, 3.05) is 85.2 Å². The van der Waals surface area contributed by atoms with Gasteiger partial charge in [0.1, 0.15) is 0 Å². The van der Waals surface area contributed by atoms with Crippen molar-refractivity contribution in [3.63, 3.8) is 0 Å². The molecule has 1 fully saturated rings. The number of carboxylic acids is 3. The number of aliphatic carboxylic acids is 3. The van der Waals surface area contributed by atoms with Crippen molar-refractivity contribution in [1.82, 2.24) is 19.6 Å². The van der Waals surface area contributed by atoms with E-state index in [1.54, 1.807) is 19.6 Å². The molecular weight excluding hydrogens is 573 g/mol. The Labute approximate surface area is 218 Å². The molecule has 0 spiro atoms. The Morgan fingerprint density at radius 2 is 0.938 bits per heavy atom. The van der Waals surface area contributed by atoms with E-state index in [0.717, 1.165) is 0 Å². The van der Waals surface area contributed by atoms with Gasteiger partial charge in [-0.2, -0.15) is 0 Å². The van der Waals surface area contributed by atoms with Gasteiger partial charge in [-0.05, 0) is 0 Å². The second-order valence-corrected chi connectivity index (χ2v) is 7.55. The number of carbonyl (C=O) groups is 3. The minimum Gasteiger partial charge on any atom is -0.480 e. The first kappa shape index (κ1) is 31.5. The fourth-order valence-electron chi connectivity index (χ4n) is 3.53. The zero-order chi connectivity index (χ0) is 23.4. The molecule has 1 aliphatic heterocycles. The third kappa shape index (κ3) is 12.6. The first-order valence-corrected chi connectivity index (χ1v) is 10.1. The van der Waals surface area contributed by atoms with E-state index in [9.17, 15) is 39.9 Å². The molecule has 1 aliphatic rings. The molecule has 0 aromatic heterocycles.